The average Bonchev–Trinajstić information content (AvgIpc) is 2.75. The first-order chi connectivity index (χ1) is 7.70. The summed E-state index contributed by atoms with van der Waals surface area (Å²) in [7, 11) is 1.58. The standard InChI is InChI=1S/C12H14O4/c1-15-10-4-2-3-8(5-10)12(14)9-6-11(13)16-7-9/h2-5,9,12,14H,6-7H2,1H3/t9-,12+/m1/s1. The second-order valence-corrected chi connectivity index (χ2v) is 3.87. The molecule has 0 aromatic heterocycles. The van der Waals surface area contributed by atoms with Crippen molar-refractivity contribution in [1.82, 2.24) is 0 Å². The summed E-state index contributed by atoms with van der Waals surface area (Å²) in [4.78, 5) is 11.0. The Morgan fingerprint density at radius 1 is 1.56 bits per heavy atom. The van der Waals surface area contributed by atoms with E-state index in [-0.39, 0.29) is 24.9 Å². The van der Waals surface area contributed by atoms with E-state index < -0.39 is 6.10 Å². The van der Waals surface area contributed by atoms with Gasteiger partial charge in [-0.2, -0.15) is 0 Å². The number of methoxy groups -OCH3 is 1. The normalized spacial score (nSPS) is 21.6. The first-order valence-corrected chi connectivity index (χ1v) is 5.18. The van der Waals surface area contributed by atoms with Gasteiger partial charge < -0.3 is 14.6 Å². The molecule has 0 unspecified atom stereocenters. The van der Waals surface area contributed by atoms with Crippen LogP contribution in [0.15, 0.2) is 24.3 Å². The first kappa shape index (κ1) is 11.0. The number of carbonyl (C=O) groups is 1. The maximum atomic E-state index is 11.0. The zero-order valence-corrected chi connectivity index (χ0v) is 9.05. The molecule has 0 amide bonds. The predicted octanol–water partition coefficient (Wildman–Crippen LogP) is 1.29. The fraction of sp³-hybridized carbons (Fsp3) is 0.417. The molecule has 1 fully saturated rings. The molecule has 2 rings (SSSR count). The summed E-state index contributed by atoms with van der Waals surface area (Å²) in [5, 5.41) is 10.1. The maximum Gasteiger partial charge on any atom is 0.306 e. The molecule has 0 bridgehead atoms. The van der Waals surface area contributed by atoms with Gasteiger partial charge in [0, 0.05) is 5.92 Å². The summed E-state index contributed by atoms with van der Waals surface area (Å²) in [6, 6.07) is 7.21. The Balaban J connectivity index is 2.13. The molecule has 16 heavy (non-hydrogen) atoms. The number of rotatable bonds is 3. The highest BCUT2D eigenvalue weighted by Gasteiger charge is 2.30. The Kier molecular flexibility index (Phi) is 3.10. The van der Waals surface area contributed by atoms with Crippen LogP contribution in [0, 0.1) is 5.92 Å². The molecule has 4 heteroatoms. The highest BCUT2D eigenvalue weighted by atomic mass is 16.5. The third-order valence-corrected chi connectivity index (χ3v) is 2.77. The lowest BCUT2D eigenvalue weighted by Gasteiger charge is -2.16. The van der Waals surface area contributed by atoms with E-state index >= 15 is 0 Å². The zero-order valence-electron chi connectivity index (χ0n) is 9.05. The van der Waals surface area contributed by atoms with Crippen LogP contribution in [0.2, 0.25) is 0 Å². The molecule has 0 saturated carbocycles. The summed E-state index contributed by atoms with van der Waals surface area (Å²) in [6.45, 7) is 0.289. The third kappa shape index (κ3) is 2.17. The average molecular weight is 222 g/mol. The molecule has 0 aliphatic carbocycles. The minimum absolute atomic E-state index is 0.153. The molecule has 0 spiro atoms. The molecule has 2 atom stereocenters. The van der Waals surface area contributed by atoms with Crippen molar-refractivity contribution >= 4 is 5.97 Å². The minimum atomic E-state index is -0.679. The Bertz CT molecular complexity index is 388. The van der Waals surface area contributed by atoms with Gasteiger partial charge in [0.1, 0.15) is 5.75 Å². The van der Waals surface area contributed by atoms with Crippen LogP contribution in [0.3, 0.4) is 0 Å². The monoisotopic (exact) mass is 222 g/mol. The van der Waals surface area contributed by atoms with Crippen molar-refractivity contribution in [1.29, 1.82) is 0 Å². The van der Waals surface area contributed by atoms with Crippen LogP contribution in [0.25, 0.3) is 0 Å². The van der Waals surface area contributed by atoms with E-state index in [2.05, 4.69) is 0 Å². The molecule has 1 N–H and O–H groups in total. The Morgan fingerprint density at radius 2 is 2.38 bits per heavy atom. The van der Waals surface area contributed by atoms with E-state index in [0.29, 0.717) is 5.75 Å². The molecule has 1 aromatic carbocycles. The summed E-state index contributed by atoms with van der Waals surface area (Å²) in [5.74, 6) is 0.299. The number of ether oxygens (including phenoxy) is 2. The van der Waals surface area contributed by atoms with Crippen molar-refractivity contribution in [3.8, 4) is 5.75 Å². The highest BCUT2D eigenvalue weighted by Crippen LogP contribution is 2.30. The van der Waals surface area contributed by atoms with E-state index in [9.17, 15) is 9.90 Å². The van der Waals surface area contributed by atoms with Gasteiger partial charge in [0.25, 0.3) is 0 Å². The van der Waals surface area contributed by atoms with E-state index in [1.165, 1.54) is 0 Å². The number of benzene rings is 1. The lowest BCUT2D eigenvalue weighted by molar-refractivity contribution is -0.137. The summed E-state index contributed by atoms with van der Waals surface area (Å²) < 4.78 is 9.91. The van der Waals surface area contributed by atoms with Gasteiger partial charge in [0.05, 0.1) is 26.2 Å². The molecular weight excluding hydrogens is 208 g/mol. The number of aliphatic hydroxyl groups excluding tert-OH is 1. The molecule has 1 saturated heterocycles. The van der Waals surface area contributed by atoms with Crippen molar-refractivity contribution in [3.05, 3.63) is 29.8 Å². The molecule has 0 radical (unpaired) electrons. The van der Waals surface area contributed by atoms with Gasteiger partial charge >= 0.3 is 5.97 Å². The van der Waals surface area contributed by atoms with Crippen molar-refractivity contribution in [2.45, 2.75) is 12.5 Å². The number of hydrogen-bond acceptors (Lipinski definition) is 4. The fourth-order valence-corrected chi connectivity index (χ4v) is 1.83. The van der Waals surface area contributed by atoms with Crippen LogP contribution >= 0.6 is 0 Å². The van der Waals surface area contributed by atoms with Crippen molar-refractivity contribution in [2.24, 2.45) is 5.92 Å². The van der Waals surface area contributed by atoms with Crippen molar-refractivity contribution in [2.75, 3.05) is 13.7 Å². The van der Waals surface area contributed by atoms with Gasteiger partial charge in [0.2, 0.25) is 0 Å². The molecule has 1 heterocycles. The quantitative estimate of drug-likeness (QED) is 0.783. The maximum absolute atomic E-state index is 11.0. The first-order valence-electron chi connectivity index (χ1n) is 5.18. The van der Waals surface area contributed by atoms with E-state index in [0.717, 1.165) is 5.56 Å². The smallest absolute Gasteiger partial charge is 0.306 e. The van der Waals surface area contributed by atoms with Crippen LogP contribution in [-0.2, 0) is 9.53 Å². The lowest BCUT2D eigenvalue weighted by atomic mass is 9.95. The summed E-state index contributed by atoms with van der Waals surface area (Å²) in [5.41, 5.74) is 0.752. The lowest BCUT2D eigenvalue weighted by Crippen LogP contribution is -2.12. The van der Waals surface area contributed by atoms with Crippen molar-refractivity contribution < 1.29 is 19.4 Å². The van der Waals surface area contributed by atoms with Gasteiger partial charge in [-0.3, -0.25) is 4.79 Å². The Morgan fingerprint density at radius 3 is 3.00 bits per heavy atom. The second-order valence-electron chi connectivity index (χ2n) is 3.87. The van der Waals surface area contributed by atoms with Crippen molar-refractivity contribution in [3.63, 3.8) is 0 Å². The van der Waals surface area contributed by atoms with Crippen LogP contribution in [-0.4, -0.2) is 24.8 Å². The van der Waals surface area contributed by atoms with Gasteiger partial charge in [-0.1, -0.05) is 12.1 Å². The van der Waals surface area contributed by atoms with Gasteiger partial charge in [0.15, 0.2) is 0 Å². The van der Waals surface area contributed by atoms with Crippen LogP contribution in [0.4, 0.5) is 0 Å². The molecule has 4 nitrogen and oxygen atoms in total. The third-order valence-electron chi connectivity index (χ3n) is 2.77. The molecule has 86 valence electrons. The number of cyclic esters (lactones) is 1. The molecule has 1 aliphatic rings. The molecule has 1 aliphatic heterocycles. The van der Waals surface area contributed by atoms with E-state index in [1.54, 1.807) is 13.2 Å². The number of carbonyl (C=O) groups excluding carboxylic acids is 1. The SMILES string of the molecule is COc1cccc([C@H](O)[C@H]2COC(=O)C2)c1. The summed E-state index contributed by atoms with van der Waals surface area (Å²) >= 11 is 0. The Labute approximate surface area is 93.8 Å². The summed E-state index contributed by atoms with van der Waals surface area (Å²) in [6.07, 6.45) is -0.403. The molecule has 1 aromatic rings. The number of esters is 1. The zero-order chi connectivity index (χ0) is 11.5. The van der Waals surface area contributed by atoms with Gasteiger partial charge in [-0.05, 0) is 17.7 Å². The Hall–Kier alpha value is -1.55. The van der Waals surface area contributed by atoms with Crippen LogP contribution < -0.4 is 4.74 Å². The predicted molar refractivity (Wildman–Crippen MR) is 57.0 cm³/mol. The second kappa shape index (κ2) is 4.53. The van der Waals surface area contributed by atoms with Crippen LogP contribution in [0.5, 0.6) is 5.75 Å². The number of aliphatic hydroxyl groups is 1. The van der Waals surface area contributed by atoms with E-state index in [4.69, 9.17) is 9.47 Å². The van der Waals surface area contributed by atoms with E-state index in [1.807, 2.05) is 18.2 Å². The topological polar surface area (TPSA) is 55.8 Å². The van der Waals surface area contributed by atoms with Gasteiger partial charge in [-0.25, -0.2) is 0 Å². The molecular formula is C12H14O4. The largest absolute Gasteiger partial charge is 0.497 e. The number of hydrogen-bond donors (Lipinski definition) is 1. The van der Waals surface area contributed by atoms with Gasteiger partial charge in [-0.15, -0.1) is 0 Å². The highest BCUT2D eigenvalue weighted by molar-refractivity contribution is 5.71. The minimum Gasteiger partial charge on any atom is -0.497 e. The van der Waals surface area contributed by atoms with Crippen LogP contribution in [0.1, 0.15) is 18.1 Å². The fourth-order valence-electron chi connectivity index (χ4n) is 1.83.